The number of likely N-dealkylation sites (tertiary alicyclic amines) is 1. The number of rotatable bonds is 4. The quantitative estimate of drug-likeness (QED) is 0.712. The fraction of sp³-hybridized carbons (Fsp3) is 0.682. The number of esters is 1. The summed E-state index contributed by atoms with van der Waals surface area (Å²) in [5, 5.41) is 3.99. The maximum atomic E-state index is 13.0. The molecular weight excluding hydrogens is 372 g/mol. The van der Waals surface area contributed by atoms with E-state index in [9.17, 15) is 9.59 Å². The third-order valence-corrected chi connectivity index (χ3v) is 5.47. The van der Waals surface area contributed by atoms with Crippen molar-refractivity contribution in [1.82, 2.24) is 4.90 Å². The second kappa shape index (κ2) is 7.84. The van der Waals surface area contributed by atoms with Crippen LogP contribution in [0.1, 0.15) is 75.8 Å². The first-order valence-electron chi connectivity index (χ1n) is 10.3. The molecule has 29 heavy (non-hydrogen) atoms. The number of hydrogen-bond acceptors (Lipinski definition) is 6. The van der Waals surface area contributed by atoms with E-state index in [2.05, 4.69) is 25.9 Å². The van der Waals surface area contributed by atoms with Crippen LogP contribution in [-0.2, 0) is 19.8 Å². The normalized spacial score (nSPS) is 18.7. The van der Waals surface area contributed by atoms with Crippen molar-refractivity contribution in [3.8, 4) is 0 Å². The molecule has 1 aromatic rings. The van der Waals surface area contributed by atoms with Crippen LogP contribution in [-0.4, -0.2) is 47.8 Å². The Hall–Kier alpha value is -2.31. The Morgan fingerprint density at radius 3 is 2.48 bits per heavy atom. The second-order valence-electron chi connectivity index (χ2n) is 9.60. The molecule has 7 nitrogen and oxygen atoms in total. The molecule has 3 rings (SSSR count). The number of amides is 1. The predicted octanol–water partition coefficient (Wildman–Crippen LogP) is 3.84. The number of nitrogens with zero attached hydrogens (tertiary/aromatic N) is 2. The second-order valence-corrected chi connectivity index (χ2v) is 9.60. The summed E-state index contributed by atoms with van der Waals surface area (Å²) in [5.74, 6) is 1.31. The van der Waals surface area contributed by atoms with Crippen LogP contribution in [0.5, 0.6) is 0 Å². The Morgan fingerprint density at radius 1 is 1.28 bits per heavy atom. The van der Waals surface area contributed by atoms with Crippen molar-refractivity contribution in [2.75, 3.05) is 19.7 Å². The van der Waals surface area contributed by atoms with E-state index >= 15 is 0 Å². The van der Waals surface area contributed by atoms with E-state index in [0.717, 1.165) is 5.76 Å². The van der Waals surface area contributed by atoms with Gasteiger partial charge >= 0.3 is 5.97 Å². The fourth-order valence-corrected chi connectivity index (χ4v) is 3.58. The highest BCUT2D eigenvalue weighted by Gasteiger charge is 2.45. The SMILES string of the molecule is Cc1oc(C(C)(C)C)cc1C(=O)N1CCC2(CC1)CC(C(=O)OCC(C)C)=NO2. The van der Waals surface area contributed by atoms with E-state index < -0.39 is 11.6 Å². The zero-order valence-electron chi connectivity index (χ0n) is 18.3. The van der Waals surface area contributed by atoms with Crippen LogP contribution in [0.15, 0.2) is 15.6 Å². The van der Waals surface area contributed by atoms with Gasteiger partial charge in [-0.05, 0) is 18.9 Å². The summed E-state index contributed by atoms with van der Waals surface area (Å²) in [6.07, 6.45) is 1.70. The van der Waals surface area contributed by atoms with Gasteiger partial charge < -0.3 is 18.9 Å². The molecule has 0 bridgehead atoms. The van der Waals surface area contributed by atoms with Crippen LogP contribution in [0.25, 0.3) is 0 Å². The van der Waals surface area contributed by atoms with Crippen molar-refractivity contribution in [2.45, 2.75) is 71.8 Å². The Labute approximate surface area is 172 Å². The minimum Gasteiger partial charge on any atom is -0.465 e. The van der Waals surface area contributed by atoms with Crippen molar-refractivity contribution in [1.29, 1.82) is 0 Å². The van der Waals surface area contributed by atoms with Gasteiger partial charge in [0.05, 0.1) is 12.2 Å². The van der Waals surface area contributed by atoms with Crippen LogP contribution in [0.2, 0.25) is 0 Å². The number of ether oxygens (including phenoxy) is 1. The average Bonchev–Trinajstić information content (AvgIpc) is 3.24. The number of hydrogen-bond donors (Lipinski definition) is 0. The first-order chi connectivity index (χ1) is 13.5. The summed E-state index contributed by atoms with van der Waals surface area (Å²) in [5.41, 5.74) is 0.300. The van der Waals surface area contributed by atoms with Gasteiger partial charge in [-0.15, -0.1) is 0 Å². The van der Waals surface area contributed by atoms with Crippen molar-refractivity contribution < 1.29 is 23.6 Å². The Morgan fingerprint density at radius 2 is 1.93 bits per heavy atom. The van der Waals surface area contributed by atoms with Crippen molar-refractivity contribution in [3.05, 3.63) is 23.2 Å². The Balaban J connectivity index is 1.58. The lowest BCUT2D eigenvalue weighted by Crippen LogP contribution is -2.47. The molecule has 1 saturated heterocycles. The Kier molecular flexibility index (Phi) is 5.79. The molecule has 0 atom stereocenters. The molecule has 1 aromatic heterocycles. The summed E-state index contributed by atoms with van der Waals surface area (Å²) in [4.78, 5) is 32.6. The number of piperidine rings is 1. The standard InChI is InChI=1S/C22H32N2O5/c1-14(2)13-27-20(26)17-12-22(29-23-17)7-9-24(10-8-22)19(25)16-11-18(21(4,5)6)28-15(16)3/h11,14H,7-10,12-13H2,1-6H3. The molecule has 0 N–H and O–H groups in total. The molecule has 160 valence electrons. The van der Waals surface area contributed by atoms with Crippen molar-refractivity contribution in [2.24, 2.45) is 11.1 Å². The van der Waals surface area contributed by atoms with Crippen molar-refractivity contribution in [3.63, 3.8) is 0 Å². The third-order valence-electron chi connectivity index (χ3n) is 5.47. The van der Waals surface area contributed by atoms with Crippen LogP contribution in [0, 0.1) is 12.8 Å². The minimum atomic E-state index is -0.509. The van der Waals surface area contributed by atoms with Crippen LogP contribution in [0.4, 0.5) is 0 Å². The lowest BCUT2D eigenvalue weighted by Gasteiger charge is -2.37. The number of furan rings is 1. The summed E-state index contributed by atoms with van der Waals surface area (Å²) in [7, 11) is 0. The molecular formula is C22H32N2O5. The average molecular weight is 405 g/mol. The molecule has 0 radical (unpaired) electrons. The summed E-state index contributed by atoms with van der Waals surface area (Å²) in [6.45, 7) is 13.5. The highest BCUT2D eigenvalue weighted by atomic mass is 16.7. The van der Waals surface area contributed by atoms with Gasteiger partial charge in [-0.25, -0.2) is 4.79 Å². The summed E-state index contributed by atoms with van der Waals surface area (Å²) in [6, 6.07) is 1.86. The molecule has 7 heteroatoms. The van der Waals surface area contributed by atoms with Crippen LogP contribution >= 0.6 is 0 Å². The molecule has 2 aliphatic rings. The van der Waals surface area contributed by atoms with Gasteiger partial charge in [-0.2, -0.15) is 0 Å². The molecule has 0 saturated carbocycles. The van der Waals surface area contributed by atoms with Gasteiger partial charge in [-0.3, -0.25) is 4.79 Å². The molecule has 3 heterocycles. The van der Waals surface area contributed by atoms with E-state index in [1.807, 2.05) is 31.7 Å². The summed E-state index contributed by atoms with van der Waals surface area (Å²) >= 11 is 0. The first kappa shape index (κ1) is 21.4. The number of oxime groups is 1. The molecule has 1 spiro atoms. The molecule has 1 fully saturated rings. The maximum absolute atomic E-state index is 13.0. The van der Waals surface area contributed by atoms with E-state index in [1.165, 1.54) is 0 Å². The summed E-state index contributed by atoms with van der Waals surface area (Å²) < 4.78 is 11.1. The number of aryl methyl sites for hydroxylation is 1. The number of carbonyl (C=O) groups is 2. The molecule has 2 aliphatic heterocycles. The molecule has 0 aromatic carbocycles. The fourth-order valence-electron chi connectivity index (χ4n) is 3.58. The van der Waals surface area contributed by atoms with E-state index in [0.29, 0.717) is 56.0 Å². The van der Waals surface area contributed by atoms with E-state index in [1.54, 1.807) is 0 Å². The smallest absolute Gasteiger partial charge is 0.356 e. The third kappa shape index (κ3) is 4.65. The van der Waals surface area contributed by atoms with Gasteiger partial charge in [0.2, 0.25) is 0 Å². The zero-order chi connectivity index (χ0) is 21.4. The molecule has 0 aliphatic carbocycles. The van der Waals surface area contributed by atoms with Gasteiger partial charge in [0.1, 0.15) is 17.1 Å². The first-order valence-corrected chi connectivity index (χ1v) is 10.3. The van der Waals surface area contributed by atoms with Gasteiger partial charge in [0.15, 0.2) is 5.71 Å². The zero-order valence-corrected chi connectivity index (χ0v) is 18.3. The van der Waals surface area contributed by atoms with Gasteiger partial charge in [-0.1, -0.05) is 39.8 Å². The molecule has 1 amide bonds. The highest BCUT2D eigenvalue weighted by molar-refractivity contribution is 6.36. The van der Waals surface area contributed by atoms with Crippen LogP contribution < -0.4 is 0 Å². The Bertz CT molecular complexity index is 808. The van der Waals surface area contributed by atoms with Crippen LogP contribution in [0.3, 0.4) is 0 Å². The largest absolute Gasteiger partial charge is 0.465 e. The minimum absolute atomic E-state index is 0.0212. The topological polar surface area (TPSA) is 81.3 Å². The molecule has 0 unspecified atom stereocenters. The number of carbonyl (C=O) groups excluding carboxylic acids is 2. The van der Waals surface area contributed by atoms with Gasteiger partial charge in [0, 0.05) is 37.8 Å². The maximum Gasteiger partial charge on any atom is 0.356 e. The van der Waals surface area contributed by atoms with E-state index in [-0.39, 0.29) is 17.2 Å². The highest BCUT2D eigenvalue weighted by Crippen LogP contribution is 2.36. The predicted molar refractivity (Wildman–Crippen MR) is 109 cm³/mol. The van der Waals surface area contributed by atoms with Crippen molar-refractivity contribution >= 4 is 17.6 Å². The lowest BCUT2D eigenvalue weighted by atomic mass is 9.86. The lowest BCUT2D eigenvalue weighted by molar-refractivity contribution is -0.136. The van der Waals surface area contributed by atoms with E-state index in [4.69, 9.17) is 14.0 Å². The monoisotopic (exact) mass is 404 g/mol. The van der Waals surface area contributed by atoms with Gasteiger partial charge in [0.25, 0.3) is 5.91 Å².